The molecule has 4 rings (SSSR count). The van der Waals surface area contributed by atoms with Gasteiger partial charge in [0.25, 0.3) is 0 Å². The van der Waals surface area contributed by atoms with Crippen LogP contribution in [0.4, 0.5) is 11.6 Å². The van der Waals surface area contributed by atoms with Gasteiger partial charge in [0, 0.05) is 0 Å². The maximum absolute atomic E-state index is 4.52. The number of para-hydroxylation sites is 2. The van der Waals surface area contributed by atoms with Crippen LogP contribution < -0.4 is 5.32 Å². The summed E-state index contributed by atoms with van der Waals surface area (Å²) in [6.45, 7) is 0. The average molecular weight is 266 g/mol. The Morgan fingerprint density at radius 3 is 2.84 bits per heavy atom. The van der Waals surface area contributed by atoms with E-state index in [9.17, 15) is 0 Å². The third-order valence-corrected chi connectivity index (χ3v) is 3.87. The molecular formula is C14H10N4S. The molecule has 2 N–H and O–H groups in total. The zero-order chi connectivity index (χ0) is 12.7. The molecule has 2 aromatic heterocycles. The first-order valence-corrected chi connectivity index (χ1v) is 6.82. The maximum Gasteiger partial charge on any atom is 0.205 e. The van der Waals surface area contributed by atoms with E-state index >= 15 is 0 Å². The fourth-order valence-electron chi connectivity index (χ4n) is 2.12. The van der Waals surface area contributed by atoms with Crippen LogP contribution in [0.1, 0.15) is 0 Å². The van der Waals surface area contributed by atoms with E-state index in [0.717, 1.165) is 32.9 Å². The normalized spacial score (nSPS) is 11.2. The molecule has 0 unspecified atom stereocenters. The van der Waals surface area contributed by atoms with Crippen LogP contribution in [0.5, 0.6) is 0 Å². The molecule has 0 saturated carbocycles. The highest BCUT2D eigenvalue weighted by Crippen LogP contribution is 2.28. The van der Waals surface area contributed by atoms with Gasteiger partial charge in [-0.2, -0.15) is 0 Å². The third-order valence-electron chi connectivity index (χ3n) is 3.00. The van der Waals surface area contributed by atoms with E-state index in [-0.39, 0.29) is 0 Å². The third kappa shape index (κ3) is 1.75. The molecule has 0 atom stereocenters. The van der Waals surface area contributed by atoms with Crippen molar-refractivity contribution in [3.8, 4) is 0 Å². The van der Waals surface area contributed by atoms with Crippen LogP contribution in [0.25, 0.3) is 21.3 Å². The second-order valence-electron chi connectivity index (χ2n) is 4.23. The SMILES string of the molecule is c1ccc2[nH]c(Nc3cccc4ncsc34)nc2c1. The van der Waals surface area contributed by atoms with Gasteiger partial charge in [-0.25, -0.2) is 9.97 Å². The van der Waals surface area contributed by atoms with Gasteiger partial charge >= 0.3 is 0 Å². The molecule has 2 aromatic carbocycles. The van der Waals surface area contributed by atoms with Gasteiger partial charge in [-0.05, 0) is 24.3 Å². The number of rotatable bonds is 2. The van der Waals surface area contributed by atoms with E-state index in [4.69, 9.17) is 0 Å². The molecule has 0 aliphatic heterocycles. The van der Waals surface area contributed by atoms with Gasteiger partial charge in [0.05, 0.1) is 32.4 Å². The van der Waals surface area contributed by atoms with Crippen molar-refractivity contribution in [1.82, 2.24) is 15.0 Å². The Morgan fingerprint density at radius 1 is 1.00 bits per heavy atom. The number of H-pyrrole nitrogens is 1. The van der Waals surface area contributed by atoms with Crippen LogP contribution in [0.2, 0.25) is 0 Å². The largest absolute Gasteiger partial charge is 0.324 e. The van der Waals surface area contributed by atoms with Crippen molar-refractivity contribution in [3.05, 3.63) is 48.0 Å². The smallest absolute Gasteiger partial charge is 0.205 e. The highest BCUT2D eigenvalue weighted by Gasteiger charge is 2.06. The van der Waals surface area contributed by atoms with Crippen LogP contribution in [-0.4, -0.2) is 15.0 Å². The highest BCUT2D eigenvalue weighted by molar-refractivity contribution is 7.17. The number of aromatic nitrogens is 3. The molecule has 0 amide bonds. The van der Waals surface area contributed by atoms with Crippen molar-refractivity contribution in [3.63, 3.8) is 0 Å². The summed E-state index contributed by atoms with van der Waals surface area (Å²) in [6.07, 6.45) is 0. The minimum absolute atomic E-state index is 0.752. The van der Waals surface area contributed by atoms with Gasteiger partial charge in [0.2, 0.25) is 5.95 Å². The number of fused-ring (bicyclic) bond motifs is 2. The van der Waals surface area contributed by atoms with Crippen molar-refractivity contribution in [2.24, 2.45) is 0 Å². The van der Waals surface area contributed by atoms with E-state index in [2.05, 4.69) is 20.3 Å². The van der Waals surface area contributed by atoms with Gasteiger partial charge in [-0.1, -0.05) is 18.2 Å². The molecule has 0 spiro atoms. The Hall–Kier alpha value is -2.40. The Kier molecular flexibility index (Phi) is 2.25. The summed E-state index contributed by atoms with van der Waals surface area (Å²) < 4.78 is 1.14. The van der Waals surface area contributed by atoms with Crippen molar-refractivity contribution in [2.45, 2.75) is 0 Å². The molecule has 0 aliphatic carbocycles. The summed E-state index contributed by atoms with van der Waals surface area (Å²) in [5, 5.41) is 3.33. The predicted octanol–water partition coefficient (Wildman–Crippen LogP) is 3.92. The molecule has 0 saturated heterocycles. The number of hydrogen-bond donors (Lipinski definition) is 2. The summed E-state index contributed by atoms with van der Waals surface area (Å²) >= 11 is 1.62. The summed E-state index contributed by atoms with van der Waals surface area (Å²) in [5.74, 6) is 0.752. The summed E-state index contributed by atoms with van der Waals surface area (Å²) in [6, 6.07) is 14.0. The van der Waals surface area contributed by atoms with Gasteiger partial charge in [-0.3, -0.25) is 0 Å². The van der Waals surface area contributed by atoms with Crippen molar-refractivity contribution < 1.29 is 0 Å². The average Bonchev–Trinajstić information content (AvgIpc) is 3.04. The minimum atomic E-state index is 0.752. The lowest BCUT2D eigenvalue weighted by atomic mass is 10.3. The van der Waals surface area contributed by atoms with E-state index in [1.54, 1.807) is 11.3 Å². The lowest BCUT2D eigenvalue weighted by Crippen LogP contribution is -1.92. The summed E-state index contributed by atoms with van der Waals surface area (Å²) in [7, 11) is 0. The zero-order valence-corrected chi connectivity index (χ0v) is 10.7. The molecule has 2 heterocycles. The Labute approximate surface area is 113 Å². The van der Waals surface area contributed by atoms with E-state index in [1.807, 2.05) is 48.0 Å². The molecule has 0 aliphatic rings. The van der Waals surface area contributed by atoms with Gasteiger partial charge in [-0.15, -0.1) is 11.3 Å². The topological polar surface area (TPSA) is 53.6 Å². The van der Waals surface area contributed by atoms with Gasteiger partial charge in [0.1, 0.15) is 0 Å². The quantitative estimate of drug-likeness (QED) is 0.578. The van der Waals surface area contributed by atoms with Crippen LogP contribution in [0.3, 0.4) is 0 Å². The van der Waals surface area contributed by atoms with Gasteiger partial charge < -0.3 is 10.3 Å². The van der Waals surface area contributed by atoms with E-state index < -0.39 is 0 Å². The number of anilines is 2. The lowest BCUT2D eigenvalue weighted by molar-refractivity contribution is 1.32. The minimum Gasteiger partial charge on any atom is -0.324 e. The standard InChI is InChI=1S/C14H10N4S/c1-2-5-10-9(4-1)16-14(17-10)18-12-7-3-6-11-13(12)19-8-15-11/h1-8H,(H2,16,17,18). The van der Waals surface area contributed by atoms with Crippen LogP contribution >= 0.6 is 11.3 Å². The number of aromatic amines is 1. The van der Waals surface area contributed by atoms with Crippen molar-refractivity contribution >= 4 is 44.2 Å². The molecule has 0 radical (unpaired) electrons. The lowest BCUT2D eigenvalue weighted by Gasteiger charge is -2.02. The monoisotopic (exact) mass is 266 g/mol. The second kappa shape index (κ2) is 4.07. The Bertz CT molecular complexity index is 829. The maximum atomic E-state index is 4.52. The van der Waals surface area contributed by atoms with Gasteiger partial charge in [0.15, 0.2) is 0 Å². The predicted molar refractivity (Wildman–Crippen MR) is 79.0 cm³/mol. The second-order valence-corrected chi connectivity index (χ2v) is 5.09. The van der Waals surface area contributed by atoms with E-state index in [0.29, 0.717) is 0 Å². The Balaban J connectivity index is 1.79. The van der Waals surface area contributed by atoms with Crippen LogP contribution in [-0.2, 0) is 0 Å². The number of benzene rings is 2. The molecule has 5 heteroatoms. The number of imidazole rings is 1. The van der Waals surface area contributed by atoms with E-state index in [1.165, 1.54) is 0 Å². The number of nitrogens with zero attached hydrogens (tertiary/aromatic N) is 2. The fourth-order valence-corrected chi connectivity index (χ4v) is 2.88. The number of hydrogen-bond acceptors (Lipinski definition) is 4. The summed E-state index contributed by atoms with van der Waals surface area (Å²) in [5.41, 5.74) is 5.88. The molecule has 92 valence electrons. The first-order chi connectivity index (χ1) is 9.40. The highest BCUT2D eigenvalue weighted by atomic mass is 32.1. The first kappa shape index (κ1) is 10.5. The summed E-state index contributed by atoms with van der Waals surface area (Å²) in [4.78, 5) is 12.1. The molecule has 19 heavy (non-hydrogen) atoms. The molecule has 0 fully saturated rings. The number of nitrogens with one attached hydrogen (secondary N) is 2. The molecule has 0 bridgehead atoms. The zero-order valence-electron chi connectivity index (χ0n) is 9.92. The Morgan fingerprint density at radius 2 is 1.89 bits per heavy atom. The first-order valence-electron chi connectivity index (χ1n) is 5.94. The van der Waals surface area contributed by atoms with Crippen LogP contribution in [0.15, 0.2) is 48.0 Å². The van der Waals surface area contributed by atoms with Crippen LogP contribution in [0, 0.1) is 0 Å². The molecular weight excluding hydrogens is 256 g/mol. The van der Waals surface area contributed by atoms with Crippen molar-refractivity contribution in [1.29, 1.82) is 0 Å². The molecule has 4 aromatic rings. The number of thiazole rings is 1. The van der Waals surface area contributed by atoms with Crippen molar-refractivity contribution in [2.75, 3.05) is 5.32 Å². The molecule has 4 nitrogen and oxygen atoms in total. The fraction of sp³-hybridized carbons (Fsp3) is 0.